The number of aromatic nitrogens is 4. The summed E-state index contributed by atoms with van der Waals surface area (Å²) in [6.07, 6.45) is 3.10. The van der Waals surface area contributed by atoms with Crippen molar-refractivity contribution in [3.05, 3.63) is 109 Å². The number of anilines is 2. The van der Waals surface area contributed by atoms with Crippen molar-refractivity contribution in [2.24, 2.45) is 0 Å². The van der Waals surface area contributed by atoms with Crippen LogP contribution in [0.3, 0.4) is 0 Å². The first kappa shape index (κ1) is 20.4. The van der Waals surface area contributed by atoms with Crippen molar-refractivity contribution in [1.82, 2.24) is 19.5 Å². The van der Waals surface area contributed by atoms with Gasteiger partial charge in [-0.2, -0.15) is 0 Å². The van der Waals surface area contributed by atoms with Gasteiger partial charge < -0.3 is 5.32 Å². The van der Waals surface area contributed by atoms with E-state index in [4.69, 9.17) is 0 Å². The summed E-state index contributed by atoms with van der Waals surface area (Å²) in [6.45, 7) is 0. The number of nitrogens with zero attached hydrogens (tertiary/aromatic N) is 4. The SMILES string of the molecule is Fc1ccc(Nc2nccc(-c3c(-c4ccccc4F)ncn3-c3ccc(F)cc3)n2)cc1. The van der Waals surface area contributed by atoms with E-state index in [-0.39, 0.29) is 17.6 Å². The molecule has 0 atom stereocenters. The fourth-order valence-corrected chi connectivity index (χ4v) is 3.45. The molecule has 162 valence electrons. The Kier molecular flexibility index (Phi) is 5.32. The molecule has 8 heteroatoms. The smallest absolute Gasteiger partial charge is 0.227 e. The van der Waals surface area contributed by atoms with Crippen molar-refractivity contribution in [3.8, 4) is 28.3 Å². The summed E-state index contributed by atoms with van der Waals surface area (Å²) in [5, 5.41) is 3.03. The van der Waals surface area contributed by atoms with Crippen molar-refractivity contribution in [2.75, 3.05) is 5.32 Å². The van der Waals surface area contributed by atoms with Gasteiger partial charge in [0.25, 0.3) is 0 Å². The molecule has 0 saturated heterocycles. The molecule has 0 bridgehead atoms. The molecule has 0 saturated carbocycles. The van der Waals surface area contributed by atoms with Crippen molar-refractivity contribution < 1.29 is 13.2 Å². The molecule has 0 unspecified atom stereocenters. The van der Waals surface area contributed by atoms with Crippen LogP contribution in [-0.4, -0.2) is 19.5 Å². The number of hydrogen-bond acceptors (Lipinski definition) is 4. The highest BCUT2D eigenvalue weighted by atomic mass is 19.1. The molecule has 3 aromatic carbocycles. The van der Waals surface area contributed by atoms with Crippen LogP contribution in [-0.2, 0) is 0 Å². The number of benzene rings is 3. The Labute approximate surface area is 187 Å². The molecule has 5 rings (SSSR count). The summed E-state index contributed by atoms with van der Waals surface area (Å²) in [7, 11) is 0. The van der Waals surface area contributed by atoms with E-state index in [0.29, 0.717) is 34.0 Å². The highest BCUT2D eigenvalue weighted by Gasteiger charge is 2.20. The van der Waals surface area contributed by atoms with Crippen molar-refractivity contribution in [2.45, 2.75) is 0 Å². The van der Waals surface area contributed by atoms with Crippen LogP contribution in [0.15, 0.2) is 91.4 Å². The molecule has 0 aliphatic rings. The van der Waals surface area contributed by atoms with E-state index >= 15 is 0 Å². The van der Waals surface area contributed by atoms with Gasteiger partial charge in [0, 0.05) is 23.1 Å². The third-order valence-corrected chi connectivity index (χ3v) is 5.00. The quantitative estimate of drug-likeness (QED) is 0.354. The van der Waals surface area contributed by atoms with E-state index in [1.54, 1.807) is 65.6 Å². The van der Waals surface area contributed by atoms with Crippen molar-refractivity contribution >= 4 is 11.6 Å². The fourth-order valence-electron chi connectivity index (χ4n) is 3.45. The first-order valence-electron chi connectivity index (χ1n) is 10.0. The third kappa shape index (κ3) is 4.18. The molecule has 0 amide bonds. The largest absolute Gasteiger partial charge is 0.324 e. The van der Waals surface area contributed by atoms with Gasteiger partial charge in [0.2, 0.25) is 5.95 Å². The van der Waals surface area contributed by atoms with Gasteiger partial charge in [-0.1, -0.05) is 12.1 Å². The molecule has 2 heterocycles. The predicted octanol–water partition coefficient (Wildman–Crippen LogP) is 6.16. The average Bonchev–Trinajstić information content (AvgIpc) is 3.26. The molecular formula is C25H16F3N5. The van der Waals surface area contributed by atoms with Crippen LogP contribution in [0.1, 0.15) is 0 Å². The molecule has 0 aliphatic carbocycles. The number of halogens is 3. The van der Waals surface area contributed by atoms with Gasteiger partial charge in [-0.25, -0.2) is 28.1 Å². The summed E-state index contributed by atoms with van der Waals surface area (Å²) in [6, 6.07) is 19.7. The Hall–Kier alpha value is -4.46. The van der Waals surface area contributed by atoms with E-state index in [2.05, 4.69) is 20.3 Å². The predicted molar refractivity (Wildman–Crippen MR) is 120 cm³/mol. The van der Waals surface area contributed by atoms with Gasteiger partial charge in [0.05, 0.1) is 11.4 Å². The summed E-state index contributed by atoms with van der Waals surface area (Å²) in [4.78, 5) is 13.3. The molecule has 5 aromatic rings. The number of imidazole rings is 1. The Morgan fingerprint density at radius 3 is 2.15 bits per heavy atom. The summed E-state index contributed by atoms with van der Waals surface area (Å²) >= 11 is 0. The van der Waals surface area contributed by atoms with E-state index < -0.39 is 5.82 Å². The molecule has 0 fully saturated rings. The second-order valence-corrected chi connectivity index (χ2v) is 7.17. The van der Waals surface area contributed by atoms with Crippen molar-refractivity contribution in [3.63, 3.8) is 0 Å². The van der Waals surface area contributed by atoms with Crippen LogP contribution >= 0.6 is 0 Å². The Bertz CT molecular complexity index is 1410. The first-order valence-corrected chi connectivity index (χ1v) is 10.0. The monoisotopic (exact) mass is 443 g/mol. The highest BCUT2D eigenvalue weighted by Crippen LogP contribution is 2.34. The zero-order chi connectivity index (χ0) is 22.8. The van der Waals surface area contributed by atoms with Crippen molar-refractivity contribution in [1.29, 1.82) is 0 Å². The molecule has 1 N–H and O–H groups in total. The van der Waals surface area contributed by atoms with Crippen LogP contribution in [0.2, 0.25) is 0 Å². The fraction of sp³-hybridized carbons (Fsp3) is 0. The third-order valence-electron chi connectivity index (χ3n) is 5.00. The van der Waals surface area contributed by atoms with E-state index in [1.165, 1.54) is 30.3 Å². The van der Waals surface area contributed by atoms with Gasteiger partial charge in [0.15, 0.2) is 0 Å². The minimum absolute atomic E-state index is 0.269. The molecule has 5 nitrogen and oxygen atoms in total. The van der Waals surface area contributed by atoms with Gasteiger partial charge in [-0.3, -0.25) is 4.57 Å². The van der Waals surface area contributed by atoms with Crippen LogP contribution < -0.4 is 5.32 Å². The van der Waals surface area contributed by atoms with Gasteiger partial charge >= 0.3 is 0 Å². The highest BCUT2D eigenvalue weighted by molar-refractivity contribution is 5.79. The maximum atomic E-state index is 14.7. The lowest BCUT2D eigenvalue weighted by molar-refractivity contribution is 0.627. The Balaban J connectivity index is 1.64. The topological polar surface area (TPSA) is 55.6 Å². The zero-order valence-electron chi connectivity index (χ0n) is 17.1. The van der Waals surface area contributed by atoms with Gasteiger partial charge in [-0.05, 0) is 66.7 Å². The Morgan fingerprint density at radius 2 is 1.42 bits per heavy atom. The van der Waals surface area contributed by atoms with Gasteiger partial charge in [-0.15, -0.1) is 0 Å². The molecule has 2 aromatic heterocycles. The number of nitrogens with one attached hydrogen (secondary N) is 1. The number of hydrogen-bond donors (Lipinski definition) is 1. The maximum absolute atomic E-state index is 14.7. The van der Waals surface area contributed by atoms with E-state index in [0.717, 1.165) is 0 Å². The minimum atomic E-state index is -0.429. The zero-order valence-corrected chi connectivity index (χ0v) is 17.1. The normalized spacial score (nSPS) is 10.9. The second kappa shape index (κ2) is 8.58. The molecular weight excluding hydrogens is 427 g/mol. The lowest BCUT2D eigenvalue weighted by Gasteiger charge is -2.12. The molecule has 0 aliphatic heterocycles. The first-order chi connectivity index (χ1) is 16.1. The molecule has 0 radical (unpaired) electrons. The second-order valence-electron chi connectivity index (χ2n) is 7.17. The standard InChI is InChI=1S/C25H16F3N5/c26-16-5-9-18(10-6-16)31-25-29-14-13-22(32-25)24-23(20-3-1-2-4-21(20)28)30-15-33(24)19-11-7-17(27)8-12-19/h1-15H,(H,29,31,32). The van der Waals surface area contributed by atoms with E-state index in [9.17, 15) is 13.2 Å². The molecule has 33 heavy (non-hydrogen) atoms. The molecule has 0 spiro atoms. The van der Waals surface area contributed by atoms with Crippen LogP contribution in [0.4, 0.5) is 24.8 Å². The number of rotatable bonds is 5. The lowest BCUT2D eigenvalue weighted by atomic mass is 10.1. The summed E-state index contributed by atoms with van der Waals surface area (Å²) in [5.41, 5.74) is 2.90. The van der Waals surface area contributed by atoms with Gasteiger partial charge in [0.1, 0.15) is 29.5 Å². The maximum Gasteiger partial charge on any atom is 0.227 e. The Morgan fingerprint density at radius 1 is 0.727 bits per heavy atom. The summed E-state index contributed by atoms with van der Waals surface area (Å²) in [5.74, 6) is -0.886. The van der Waals surface area contributed by atoms with Crippen LogP contribution in [0.5, 0.6) is 0 Å². The van der Waals surface area contributed by atoms with Crippen LogP contribution in [0.25, 0.3) is 28.3 Å². The minimum Gasteiger partial charge on any atom is -0.324 e. The summed E-state index contributed by atoms with van der Waals surface area (Å²) < 4.78 is 43.1. The van der Waals surface area contributed by atoms with Crippen LogP contribution in [0, 0.1) is 17.5 Å². The lowest BCUT2D eigenvalue weighted by Crippen LogP contribution is -2.02. The van der Waals surface area contributed by atoms with E-state index in [1.807, 2.05) is 0 Å². The average molecular weight is 443 g/mol.